The van der Waals surface area contributed by atoms with Crippen molar-refractivity contribution in [2.75, 3.05) is 0 Å². The lowest BCUT2D eigenvalue weighted by Gasteiger charge is -2.14. The molecule has 0 amide bonds. The molecule has 0 rings (SSSR count). The first-order chi connectivity index (χ1) is 13.9. The Morgan fingerprint density at radius 1 is 0.552 bits per heavy atom. The molecule has 0 aromatic carbocycles. The van der Waals surface area contributed by atoms with Gasteiger partial charge in [0.25, 0.3) is 10.1 Å². The number of hydrogen-bond acceptors (Lipinski definition) is 3. The second-order valence-electron chi connectivity index (χ2n) is 8.90. The van der Waals surface area contributed by atoms with Crippen LogP contribution in [0, 0.1) is 0 Å². The fraction of sp³-hybridized carbons (Fsp3) is 1.00. The van der Waals surface area contributed by atoms with Crippen LogP contribution in [0.2, 0.25) is 0 Å². The monoisotopic (exact) mass is 434 g/mol. The molecule has 0 bridgehead atoms. The molecular weight excluding hydrogens is 384 g/mol. The van der Waals surface area contributed by atoms with Gasteiger partial charge in [-0.05, 0) is 25.7 Å². The Kier molecular flexibility index (Phi) is 19.7. The van der Waals surface area contributed by atoms with Gasteiger partial charge in [-0.3, -0.25) is 4.55 Å². The average molecular weight is 435 g/mol. The molecule has 0 saturated heterocycles. The molecule has 0 spiro atoms. The maximum Gasteiger partial charge on any atom is 0.267 e. The lowest BCUT2D eigenvalue weighted by molar-refractivity contribution is 0.147. The van der Waals surface area contributed by atoms with Gasteiger partial charge in [-0.2, -0.15) is 8.42 Å². The Morgan fingerprint density at radius 2 is 0.862 bits per heavy atom. The van der Waals surface area contributed by atoms with Crippen molar-refractivity contribution in [2.24, 2.45) is 0 Å². The quantitative estimate of drug-likeness (QED) is 0.137. The van der Waals surface area contributed by atoms with E-state index in [0.717, 1.165) is 57.8 Å². The molecule has 0 heterocycles. The van der Waals surface area contributed by atoms with Gasteiger partial charge in [-0.25, -0.2) is 0 Å². The summed E-state index contributed by atoms with van der Waals surface area (Å²) >= 11 is 0. The number of unbranched alkanes of at least 4 members (excludes halogenated alkanes) is 13. The highest BCUT2D eigenvalue weighted by Gasteiger charge is 2.21. The van der Waals surface area contributed by atoms with E-state index < -0.39 is 15.4 Å². The van der Waals surface area contributed by atoms with Crippen LogP contribution >= 0.6 is 0 Å². The van der Waals surface area contributed by atoms with E-state index in [1.165, 1.54) is 57.8 Å². The van der Waals surface area contributed by atoms with Crippen molar-refractivity contribution in [3.63, 3.8) is 0 Å². The summed E-state index contributed by atoms with van der Waals surface area (Å²) in [4.78, 5) is 0. The standard InChI is InChI=1S/C24H50O4S/c1-3-5-7-9-10-11-13-15-19-23(25)20-16-14-18-22-24(29(26,27)28)21-17-12-8-6-4-2/h23-25H,3-22H2,1-2H3,(H,26,27,28). The van der Waals surface area contributed by atoms with Gasteiger partial charge in [0.2, 0.25) is 0 Å². The first-order valence-electron chi connectivity index (χ1n) is 12.6. The Hall–Kier alpha value is -0.130. The second-order valence-corrected chi connectivity index (χ2v) is 10.6. The third kappa shape index (κ3) is 19.6. The van der Waals surface area contributed by atoms with Crippen LogP contribution < -0.4 is 0 Å². The highest BCUT2D eigenvalue weighted by molar-refractivity contribution is 7.86. The van der Waals surface area contributed by atoms with Gasteiger partial charge < -0.3 is 5.11 Å². The minimum absolute atomic E-state index is 0.217. The number of aliphatic hydroxyl groups is 1. The summed E-state index contributed by atoms with van der Waals surface area (Å²) in [7, 11) is -3.94. The zero-order valence-corrected chi connectivity index (χ0v) is 20.2. The maximum atomic E-state index is 11.6. The summed E-state index contributed by atoms with van der Waals surface area (Å²) in [5, 5.41) is 9.51. The first-order valence-corrected chi connectivity index (χ1v) is 14.1. The van der Waals surface area contributed by atoms with E-state index in [2.05, 4.69) is 13.8 Å². The molecular formula is C24H50O4S. The predicted molar refractivity (Wildman–Crippen MR) is 125 cm³/mol. The van der Waals surface area contributed by atoms with Crippen LogP contribution in [0.3, 0.4) is 0 Å². The molecule has 0 saturated carbocycles. The lowest BCUT2D eigenvalue weighted by atomic mass is 10.0. The van der Waals surface area contributed by atoms with E-state index in [4.69, 9.17) is 0 Å². The van der Waals surface area contributed by atoms with Crippen LogP contribution in [0.15, 0.2) is 0 Å². The van der Waals surface area contributed by atoms with Crippen LogP contribution in [0.4, 0.5) is 0 Å². The molecule has 2 N–H and O–H groups in total. The third-order valence-corrected chi connectivity index (χ3v) is 7.32. The zero-order valence-electron chi connectivity index (χ0n) is 19.4. The zero-order chi connectivity index (χ0) is 21.8. The Bertz CT molecular complexity index is 436. The van der Waals surface area contributed by atoms with E-state index in [0.29, 0.717) is 12.8 Å². The van der Waals surface area contributed by atoms with Crippen molar-refractivity contribution in [2.45, 2.75) is 154 Å². The molecule has 0 fully saturated rings. The topological polar surface area (TPSA) is 74.6 Å². The van der Waals surface area contributed by atoms with Crippen LogP contribution in [-0.2, 0) is 10.1 Å². The molecule has 176 valence electrons. The fourth-order valence-electron chi connectivity index (χ4n) is 4.00. The Labute approximate surface area is 182 Å². The summed E-state index contributed by atoms with van der Waals surface area (Å²) in [6.07, 6.45) is 21.0. The Morgan fingerprint density at radius 3 is 1.24 bits per heavy atom. The summed E-state index contributed by atoms with van der Waals surface area (Å²) < 4.78 is 32.6. The van der Waals surface area contributed by atoms with Crippen molar-refractivity contribution < 1.29 is 18.1 Å². The van der Waals surface area contributed by atoms with E-state index >= 15 is 0 Å². The number of rotatable bonds is 22. The highest BCUT2D eigenvalue weighted by Crippen LogP contribution is 2.19. The van der Waals surface area contributed by atoms with Gasteiger partial charge in [0, 0.05) is 0 Å². The van der Waals surface area contributed by atoms with Crippen LogP contribution in [0.25, 0.3) is 0 Å². The van der Waals surface area contributed by atoms with E-state index in [-0.39, 0.29) is 6.10 Å². The van der Waals surface area contributed by atoms with Gasteiger partial charge in [-0.1, -0.05) is 117 Å². The maximum absolute atomic E-state index is 11.6. The van der Waals surface area contributed by atoms with Gasteiger partial charge in [0.05, 0.1) is 11.4 Å². The Balaban J connectivity index is 3.69. The SMILES string of the molecule is CCCCCCCCCCC(O)CCCCCC(CCCCCCC)S(=O)(=O)O. The minimum Gasteiger partial charge on any atom is -0.393 e. The summed E-state index contributed by atoms with van der Waals surface area (Å²) in [6, 6.07) is 0. The summed E-state index contributed by atoms with van der Waals surface area (Å²) in [5.41, 5.74) is 0. The van der Waals surface area contributed by atoms with Gasteiger partial charge in [0.15, 0.2) is 0 Å². The van der Waals surface area contributed by atoms with Gasteiger partial charge in [0.1, 0.15) is 0 Å². The molecule has 4 nitrogen and oxygen atoms in total. The van der Waals surface area contributed by atoms with Crippen molar-refractivity contribution in [3.05, 3.63) is 0 Å². The minimum atomic E-state index is -3.94. The third-order valence-electron chi connectivity index (χ3n) is 6.01. The number of hydrogen-bond donors (Lipinski definition) is 2. The van der Waals surface area contributed by atoms with E-state index in [1.54, 1.807) is 0 Å². The molecule has 0 aromatic rings. The van der Waals surface area contributed by atoms with Crippen LogP contribution in [-0.4, -0.2) is 29.4 Å². The molecule has 0 aromatic heterocycles. The molecule has 0 aliphatic carbocycles. The molecule has 0 aliphatic heterocycles. The summed E-state index contributed by atoms with van der Waals surface area (Å²) in [6.45, 7) is 4.40. The largest absolute Gasteiger partial charge is 0.393 e. The molecule has 5 heteroatoms. The fourth-order valence-corrected chi connectivity index (χ4v) is 4.93. The molecule has 29 heavy (non-hydrogen) atoms. The molecule has 0 aliphatic rings. The van der Waals surface area contributed by atoms with Crippen LogP contribution in [0.5, 0.6) is 0 Å². The summed E-state index contributed by atoms with van der Waals surface area (Å²) in [5.74, 6) is 0. The van der Waals surface area contributed by atoms with Gasteiger partial charge >= 0.3 is 0 Å². The van der Waals surface area contributed by atoms with Crippen molar-refractivity contribution in [3.8, 4) is 0 Å². The molecule has 2 atom stereocenters. The van der Waals surface area contributed by atoms with Crippen molar-refractivity contribution >= 4 is 10.1 Å². The van der Waals surface area contributed by atoms with Crippen LogP contribution in [0.1, 0.15) is 142 Å². The predicted octanol–water partition coefficient (Wildman–Crippen LogP) is 7.45. The van der Waals surface area contributed by atoms with Gasteiger partial charge in [-0.15, -0.1) is 0 Å². The number of aliphatic hydroxyl groups excluding tert-OH is 1. The molecule has 2 unspecified atom stereocenters. The average Bonchev–Trinajstić information content (AvgIpc) is 2.67. The normalized spacial score (nSPS) is 14.2. The lowest BCUT2D eigenvalue weighted by Crippen LogP contribution is -2.20. The first kappa shape index (κ1) is 28.9. The van der Waals surface area contributed by atoms with E-state index in [9.17, 15) is 18.1 Å². The van der Waals surface area contributed by atoms with Crippen molar-refractivity contribution in [1.29, 1.82) is 0 Å². The van der Waals surface area contributed by atoms with Crippen molar-refractivity contribution in [1.82, 2.24) is 0 Å². The highest BCUT2D eigenvalue weighted by atomic mass is 32.2. The molecule has 0 radical (unpaired) electrons. The second kappa shape index (κ2) is 19.8. The van der Waals surface area contributed by atoms with E-state index in [1.807, 2.05) is 0 Å². The smallest absolute Gasteiger partial charge is 0.267 e.